The van der Waals surface area contributed by atoms with Gasteiger partial charge in [-0.1, -0.05) is 6.07 Å². The first-order valence-corrected chi connectivity index (χ1v) is 7.04. The van der Waals surface area contributed by atoms with Crippen molar-refractivity contribution in [1.82, 2.24) is 0 Å². The van der Waals surface area contributed by atoms with E-state index in [9.17, 15) is 0 Å². The van der Waals surface area contributed by atoms with Crippen LogP contribution in [0.25, 0.3) is 0 Å². The average molecular weight is 279 g/mol. The zero-order chi connectivity index (χ0) is 14.2. The molecular weight excluding hydrogens is 256 g/mol. The summed E-state index contributed by atoms with van der Waals surface area (Å²) in [5.74, 6) is 2.17. The van der Waals surface area contributed by atoms with Crippen molar-refractivity contribution in [1.29, 1.82) is 0 Å². The predicted molar refractivity (Wildman–Crippen MR) is 77.0 cm³/mol. The molecule has 0 unspecified atom stereocenters. The van der Waals surface area contributed by atoms with Crippen molar-refractivity contribution in [3.8, 4) is 11.5 Å². The van der Waals surface area contributed by atoms with Gasteiger partial charge < -0.3 is 18.9 Å². The van der Waals surface area contributed by atoms with Gasteiger partial charge in [-0.05, 0) is 49.7 Å². The first kappa shape index (κ1) is 15.1. The molecule has 0 spiro atoms. The first-order chi connectivity index (χ1) is 9.85. The van der Waals surface area contributed by atoms with Gasteiger partial charge in [0.1, 0.15) is 11.5 Å². The van der Waals surface area contributed by atoms with Crippen LogP contribution < -0.4 is 9.47 Å². The molecule has 0 amide bonds. The predicted octanol–water partition coefficient (Wildman–Crippen LogP) is 3.51. The van der Waals surface area contributed by atoms with Crippen LogP contribution in [0.15, 0.2) is 18.2 Å². The molecule has 20 heavy (non-hydrogen) atoms. The molecule has 0 aromatic heterocycles. The fraction of sp³-hybridized carbons (Fsp3) is 0.562. The van der Waals surface area contributed by atoms with E-state index in [2.05, 4.69) is 12.5 Å². The molecule has 2 rings (SSSR count). The van der Waals surface area contributed by atoms with Gasteiger partial charge in [0.25, 0.3) is 0 Å². The average Bonchev–Trinajstić information content (AvgIpc) is 2.51. The van der Waals surface area contributed by atoms with Crippen LogP contribution in [-0.4, -0.2) is 27.8 Å². The lowest BCUT2D eigenvalue weighted by molar-refractivity contribution is 0.0453. The van der Waals surface area contributed by atoms with E-state index in [0.29, 0.717) is 5.92 Å². The minimum atomic E-state index is 0.238. The van der Waals surface area contributed by atoms with Crippen molar-refractivity contribution >= 4 is 0 Å². The Kier molecular flexibility index (Phi) is 6.15. The van der Waals surface area contributed by atoms with E-state index >= 15 is 0 Å². The molecule has 1 aromatic rings. The minimum absolute atomic E-state index is 0.238. The molecule has 1 fully saturated rings. The van der Waals surface area contributed by atoms with Gasteiger partial charge in [-0.15, -0.1) is 0 Å². The van der Waals surface area contributed by atoms with Gasteiger partial charge in [-0.25, -0.2) is 0 Å². The normalized spacial score (nSPS) is 16.1. The molecule has 0 aliphatic heterocycles. The summed E-state index contributed by atoms with van der Waals surface area (Å²) < 4.78 is 21.1. The van der Waals surface area contributed by atoms with E-state index < -0.39 is 0 Å². The summed E-state index contributed by atoms with van der Waals surface area (Å²) in [6.07, 6.45) is 7.08. The van der Waals surface area contributed by atoms with Gasteiger partial charge >= 0.3 is 0 Å². The molecule has 4 nitrogen and oxygen atoms in total. The quantitative estimate of drug-likeness (QED) is 0.716. The highest BCUT2D eigenvalue weighted by atomic mass is 16.7. The molecule has 0 N–H and O–H groups in total. The van der Waals surface area contributed by atoms with Gasteiger partial charge in [0.2, 0.25) is 0 Å². The lowest BCUT2D eigenvalue weighted by Gasteiger charge is -2.24. The third-order valence-electron chi connectivity index (χ3n) is 3.54. The van der Waals surface area contributed by atoms with Crippen LogP contribution >= 0.6 is 0 Å². The molecule has 1 aromatic carbocycles. The maximum Gasteiger partial charge on any atom is 0.188 e. The second-order valence-electron chi connectivity index (χ2n) is 4.94. The maximum absolute atomic E-state index is 5.71. The highest BCUT2D eigenvalue weighted by Crippen LogP contribution is 2.38. The Morgan fingerprint density at radius 2 is 1.70 bits per heavy atom. The molecule has 1 aliphatic carbocycles. The molecular formula is C16H23O4. The van der Waals surface area contributed by atoms with Crippen LogP contribution in [0, 0.1) is 6.42 Å². The van der Waals surface area contributed by atoms with Crippen LogP contribution in [0.1, 0.15) is 37.2 Å². The largest absolute Gasteiger partial charge is 0.467 e. The summed E-state index contributed by atoms with van der Waals surface area (Å²) in [6, 6.07) is 6.00. The lowest BCUT2D eigenvalue weighted by Crippen LogP contribution is -2.09. The van der Waals surface area contributed by atoms with E-state index in [1.807, 2.05) is 12.1 Å². The van der Waals surface area contributed by atoms with Gasteiger partial charge in [-0.2, -0.15) is 0 Å². The molecule has 1 saturated carbocycles. The number of rotatable bonds is 7. The van der Waals surface area contributed by atoms with E-state index in [-0.39, 0.29) is 13.6 Å². The third kappa shape index (κ3) is 4.12. The third-order valence-corrected chi connectivity index (χ3v) is 3.54. The molecule has 111 valence electrons. The van der Waals surface area contributed by atoms with Crippen LogP contribution in [-0.2, 0) is 9.47 Å². The minimum Gasteiger partial charge on any atom is -0.467 e. The second kappa shape index (κ2) is 8.12. The van der Waals surface area contributed by atoms with Crippen molar-refractivity contribution in [3.05, 3.63) is 30.2 Å². The van der Waals surface area contributed by atoms with Crippen molar-refractivity contribution in [3.63, 3.8) is 0 Å². The number of hydrogen-bond acceptors (Lipinski definition) is 4. The van der Waals surface area contributed by atoms with Crippen LogP contribution in [0.2, 0.25) is 0 Å². The van der Waals surface area contributed by atoms with Gasteiger partial charge in [-0.3, -0.25) is 0 Å². The summed E-state index contributed by atoms with van der Waals surface area (Å²) in [4.78, 5) is 0. The summed E-state index contributed by atoms with van der Waals surface area (Å²) in [5, 5.41) is 0. The van der Waals surface area contributed by atoms with E-state index in [0.717, 1.165) is 11.5 Å². The Hall–Kier alpha value is -1.26. The fourth-order valence-electron chi connectivity index (χ4n) is 2.55. The van der Waals surface area contributed by atoms with Gasteiger partial charge in [0, 0.05) is 20.3 Å². The highest BCUT2D eigenvalue weighted by molar-refractivity contribution is 5.43. The van der Waals surface area contributed by atoms with Crippen molar-refractivity contribution in [2.75, 3.05) is 27.8 Å². The molecule has 0 atom stereocenters. The number of methoxy groups -OCH3 is 2. The summed E-state index contributed by atoms with van der Waals surface area (Å²) >= 11 is 0. The lowest BCUT2D eigenvalue weighted by atomic mass is 9.83. The zero-order valence-corrected chi connectivity index (χ0v) is 12.3. The SMILES string of the molecule is COCOc1ccc(C2CC[CH]CC2)c(OCOC)c1. The smallest absolute Gasteiger partial charge is 0.188 e. The first-order valence-electron chi connectivity index (χ1n) is 7.04. The topological polar surface area (TPSA) is 36.9 Å². The highest BCUT2D eigenvalue weighted by Gasteiger charge is 2.20. The summed E-state index contributed by atoms with van der Waals surface area (Å²) in [6.45, 7) is 0.487. The summed E-state index contributed by atoms with van der Waals surface area (Å²) in [5.41, 5.74) is 1.25. The molecule has 1 radical (unpaired) electrons. The second-order valence-corrected chi connectivity index (χ2v) is 4.94. The Bertz CT molecular complexity index is 399. The van der Waals surface area contributed by atoms with Crippen molar-refractivity contribution in [2.24, 2.45) is 0 Å². The number of benzene rings is 1. The Morgan fingerprint density at radius 1 is 1.00 bits per heavy atom. The van der Waals surface area contributed by atoms with Crippen molar-refractivity contribution in [2.45, 2.75) is 31.6 Å². The van der Waals surface area contributed by atoms with Crippen molar-refractivity contribution < 1.29 is 18.9 Å². The number of ether oxygens (including phenoxy) is 4. The summed E-state index contributed by atoms with van der Waals surface area (Å²) in [7, 11) is 3.23. The molecule has 1 aliphatic rings. The van der Waals surface area contributed by atoms with Gasteiger partial charge in [0.05, 0.1) is 0 Å². The Labute approximate surface area is 121 Å². The van der Waals surface area contributed by atoms with E-state index in [4.69, 9.17) is 18.9 Å². The maximum atomic E-state index is 5.71. The van der Waals surface area contributed by atoms with Crippen LogP contribution in [0.5, 0.6) is 11.5 Å². The number of hydrogen-bond donors (Lipinski definition) is 0. The van der Waals surface area contributed by atoms with E-state index in [1.54, 1.807) is 14.2 Å². The standard InChI is InChI=1S/C16H23O4/c1-17-11-19-14-8-9-15(13-6-4-3-5-7-13)16(10-14)20-12-18-2/h3,8-10,13H,4-7,11-12H2,1-2H3. The van der Waals surface area contributed by atoms with Crippen LogP contribution in [0.3, 0.4) is 0 Å². The van der Waals surface area contributed by atoms with Gasteiger partial charge in [0.15, 0.2) is 13.6 Å². The zero-order valence-electron chi connectivity index (χ0n) is 12.3. The molecule has 4 heteroatoms. The van der Waals surface area contributed by atoms with E-state index in [1.165, 1.54) is 31.2 Å². The Balaban J connectivity index is 2.15. The molecule has 0 saturated heterocycles. The monoisotopic (exact) mass is 279 g/mol. The molecule has 0 heterocycles. The fourth-order valence-corrected chi connectivity index (χ4v) is 2.55. The molecule has 0 bridgehead atoms. The van der Waals surface area contributed by atoms with Crippen LogP contribution in [0.4, 0.5) is 0 Å². The Morgan fingerprint density at radius 3 is 2.40 bits per heavy atom.